The van der Waals surface area contributed by atoms with E-state index in [9.17, 15) is 9.59 Å². The average molecular weight is 507 g/mol. The van der Waals surface area contributed by atoms with E-state index in [1.807, 2.05) is 40.8 Å². The van der Waals surface area contributed by atoms with Crippen LogP contribution < -0.4 is 10.6 Å². The molecule has 5 nitrogen and oxygen atoms in total. The molecule has 0 saturated carbocycles. The Morgan fingerprint density at radius 2 is 1.71 bits per heavy atom. The zero-order valence-corrected chi connectivity index (χ0v) is 17.5. The summed E-state index contributed by atoms with van der Waals surface area (Å²) >= 11 is 7.91. The number of rotatable bonds is 6. The van der Waals surface area contributed by atoms with Crippen LogP contribution in [0.4, 0.5) is 0 Å². The minimum Gasteiger partial charge on any atom is -0.451 e. The van der Waals surface area contributed by atoms with Gasteiger partial charge in [-0.2, -0.15) is 0 Å². The van der Waals surface area contributed by atoms with E-state index < -0.39 is 5.91 Å². The molecule has 1 heterocycles. The van der Waals surface area contributed by atoms with Gasteiger partial charge in [0, 0.05) is 23.2 Å². The van der Waals surface area contributed by atoms with Crippen LogP contribution in [0.25, 0.3) is 6.08 Å². The molecule has 2 amide bonds. The Kier molecular flexibility index (Phi) is 6.89. The minimum atomic E-state index is -0.425. The van der Waals surface area contributed by atoms with Crippen LogP contribution in [0.2, 0.25) is 5.02 Å². The maximum Gasteiger partial charge on any atom is 0.268 e. The first kappa shape index (κ1) is 20.2. The molecule has 0 radical (unpaired) electrons. The van der Waals surface area contributed by atoms with E-state index in [2.05, 4.69) is 10.6 Å². The summed E-state index contributed by atoms with van der Waals surface area (Å²) in [5.74, 6) is -0.338. The Bertz CT molecular complexity index is 998. The number of carbonyl (C=O) groups is 2. The Balaban J connectivity index is 1.77. The number of hydrogen-bond donors (Lipinski definition) is 2. The van der Waals surface area contributed by atoms with Crippen molar-refractivity contribution in [1.29, 1.82) is 0 Å². The van der Waals surface area contributed by atoms with Gasteiger partial charge in [-0.1, -0.05) is 41.9 Å². The van der Waals surface area contributed by atoms with Crippen molar-refractivity contribution in [3.63, 3.8) is 0 Å². The predicted molar refractivity (Wildman–Crippen MR) is 117 cm³/mol. The summed E-state index contributed by atoms with van der Waals surface area (Å²) in [6.07, 6.45) is 1.50. The molecule has 2 aromatic carbocycles. The summed E-state index contributed by atoms with van der Waals surface area (Å²) in [6, 6.07) is 19.3. The third-order valence-corrected chi connectivity index (χ3v) is 4.61. The monoisotopic (exact) mass is 506 g/mol. The van der Waals surface area contributed by atoms with Crippen molar-refractivity contribution in [2.45, 2.75) is 6.54 Å². The van der Waals surface area contributed by atoms with Gasteiger partial charge in [0.1, 0.15) is 11.5 Å². The maximum atomic E-state index is 12.7. The topological polar surface area (TPSA) is 71.3 Å². The van der Waals surface area contributed by atoms with E-state index in [4.69, 9.17) is 16.0 Å². The summed E-state index contributed by atoms with van der Waals surface area (Å²) in [6.45, 7) is 0.296. The Labute approximate surface area is 180 Å². The van der Waals surface area contributed by atoms with Gasteiger partial charge in [-0.15, -0.1) is 0 Å². The fourth-order valence-corrected chi connectivity index (χ4v) is 2.93. The molecule has 0 aliphatic carbocycles. The van der Waals surface area contributed by atoms with Gasteiger partial charge < -0.3 is 15.1 Å². The molecule has 0 atom stereocenters. The maximum absolute atomic E-state index is 12.7. The van der Waals surface area contributed by atoms with Crippen molar-refractivity contribution in [2.75, 3.05) is 0 Å². The fourth-order valence-electron chi connectivity index (χ4n) is 2.37. The summed E-state index contributed by atoms with van der Waals surface area (Å²) in [5, 5.41) is 6.08. The number of hydrogen-bond acceptors (Lipinski definition) is 3. The first-order valence-corrected chi connectivity index (χ1v) is 9.83. The van der Waals surface area contributed by atoms with Gasteiger partial charge in [0.05, 0.1) is 0 Å². The Morgan fingerprint density at radius 1 is 1.00 bits per heavy atom. The van der Waals surface area contributed by atoms with Crippen molar-refractivity contribution in [1.82, 2.24) is 10.6 Å². The van der Waals surface area contributed by atoms with E-state index in [-0.39, 0.29) is 11.6 Å². The first-order chi connectivity index (χ1) is 13.5. The summed E-state index contributed by atoms with van der Waals surface area (Å²) in [4.78, 5) is 25.2. The van der Waals surface area contributed by atoms with Crippen LogP contribution in [0.5, 0.6) is 0 Å². The van der Waals surface area contributed by atoms with Crippen LogP contribution >= 0.6 is 34.2 Å². The normalized spacial score (nSPS) is 11.1. The van der Waals surface area contributed by atoms with Gasteiger partial charge >= 0.3 is 0 Å². The van der Waals surface area contributed by atoms with Crippen LogP contribution in [0, 0.1) is 3.77 Å². The van der Waals surface area contributed by atoms with Crippen molar-refractivity contribution in [3.8, 4) is 0 Å². The highest BCUT2D eigenvalue weighted by atomic mass is 127. The minimum absolute atomic E-state index is 0.0913. The SMILES string of the molecule is O=C(NCc1ccc(Cl)cc1)C(=Cc1ccc(I)o1)NC(=O)c1ccccc1. The van der Waals surface area contributed by atoms with Gasteiger partial charge in [0.2, 0.25) is 0 Å². The Hall–Kier alpha value is -2.58. The highest BCUT2D eigenvalue weighted by molar-refractivity contribution is 14.1. The van der Waals surface area contributed by atoms with Gasteiger partial charge in [-0.05, 0) is 64.6 Å². The quantitative estimate of drug-likeness (QED) is 0.378. The lowest BCUT2D eigenvalue weighted by Crippen LogP contribution is -2.34. The Morgan fingerprint density at radius 3 is 2.36 bits per heavy atom. The van der Waals surface area contributed by atoms with Gasteiger partial charge in [0.15, 0.2) is 3.77 Å². The highest BCUT2D eigenvalue weighted by Gasteiger charge is 2.15. The van der Waals surface area contributed by atoms with Gasteiger partial charge in [0.25, 0.3) is 11.8 Å². The van der Waals surface area contributed by atoms with Gasteiger partial charge in [-0.25, -0.2) is 0 Å². The molecule has 0 saturated heterocycles. The standard InChI is InChI=1S/C21H16ClIN2O3/c22-16-8-6-14(7-9-16)13-24-21(27)18(12-17-10-11-19(23)28-17)25-20(26)15-4-2-1-3-5-15/h1-12H,13H2,(H,24,27)(H,25,26). The molecule has 1 aromatic heterocycles. The molecular weight excluding hydrogens is 491 g/mol. The third-order valence-electron chi connectivity index (χ3n) is 3.78. The van der Waals surface area contributed by atoms with E-state index >= 15 is 0 Å². The number of furan rings is 1. The predicted octanol–water partition coefficient (Wildman–Crippen LogP) is 4.62. The van der Waals surface area contributed by atoms with Crippen molar-refractivity contribution < 1.29 is 14.0 Å². The molecule has 0 fully saturated rings. The summed E-state index contributed by atoms with van der Waals surface area (Å²) in [5.41, 5.74) is 1.43. The molecule has 0 aliphatic heterocycles. The molecular formula is C21H16ClIN2O3. The zero-order valence-electron chi connectivity index (χ0n) is 14.6. The second-order valence-electron chi connectivity index (χ2n) is 5.83. The van der Waals surface area contributed by atoms with E-state index in [0.717, 1.165) is 5.56 Å². The van der Waals surface area contributed by atoms with Crippen LogP contribution in [0.1, 0.15) is 21.7 Å². The molecule has 2 N–H and O–H groups in total. The first-order valence-electron chi connectivity index (χ1n) is 8.37. The lowest BCUT2D eigenvalue weighted by molar-refractivity contribution is -0.117. The van der Waals surface area contributed by atoms with E-state index in [1.54, 1.807) is 48.5 Å². The number of halogens is 2. The number of amides is 2. The van der Waals surface area contributed by atoms with Gasteiger partial charge in [-0.3, -0.25) is 9.59 Å². The molecule has 0 bridgehead atoms. The van der Waals surface area contributed by atoms with Crippen molar-refractivity contribution >= 4 is 52.1 Å². The average Bonchev–Trinajstić information content (AvgIpc) is 3.12. The number of benzene rings is 2. The van der Waals surface area contributed by atoms with E-state index in [0.29, 0.717) is 26.7 Å². The second kappa shape index (κ2) is 9.57. The lowest BCUT2D eigenvalue weighted by atomic mass is 10.2. The fraction of sp³-hybridized carbons (Fsp3) is 0.0476. The number of carbonyl (C=O) groups excluding carboxylic acids is 2. The molecule has 0 spiro atoms. The zero-order chi connectivity index (χ0) is 19.9. The van der Waals surface area contributed by atoms with E-state index in [1.165, 1.54) is 6.08 Å². The largest absolute Gasteiger partial charge is 0.451 e. The smallest absolute Gasteiger partial charge is 0.268 e. The molecule has 7 heteroatoms. The van der Waals surface area contributed by atoms with Crippen LogP contribution in [-0.2, 0) is 11.3 Å². The molecule has 0 unspecified atom stereocenters. The van der Waals surface area contributed by atoms with Crippen molar-refractivity contribution in [3.05, 3.63) is 98.1 Å². The summed E-state index contributed by atoms with van der Waals surface area (Å²) < 4.78 is 6.17. The molecule has 3 aromatic rings. The molecule has 142 valence electrons. The number of nitrogens with one attached hydrogen (secondary N) is 2. The second-order valence-corrected chi connectivity index (χ2v) is 7.33. The van der Waals surface area contributed by atoms with Crippen LogP contribution in [-0.4, -0.2) is 11.8 Å². The highest BCUT2D eigenvalue weighted by Crippen LogP contribution is 2.14. The van der Waals surface area contributed by atoms with Crippen LogP contribution in [0.15, 0.2) is 76.8 Å². The summed E-state index contributed by atoms with van der Waals surface area (Å²) in [7, 11) is 0. The van der Waals surface area contributed by atoms with Crippen LogP contribution in [0.3, 0.4) is 0 Å². The van der Waals surface area contributed by atoms with Crippen molar-refractivity contribution in [2.24, 2.45) is 0 Å². The lowest BCUT2D eigenvalue weighted by Gasteiger charge is -2.11. The molecule has 0 aliphatic rings. The third kappa shape index (κ3) is 5.71. The molecule has 3 rings (SSSR count). The molecule has 28 heavy (non-hydrogen) atoms.